The smallest absolute Gasteiger partial charge is 0.410 e. The van der Waals surface area contributed by atoms with E-state index in [0.717, 1.165) is 18.1 Å². The Hall–Kier alpha value is -1.83. The van der Waals surface area contributed by atoms with Crippen molar-refractivity contribution in [2.24, 2.45) is 0 Å². The van der Waals surface area contributed by atoms with Crippen LogP contribution >= 0.6 is 0 Å². The molecule has 1 aliphatic heterocycles. The van der Waals surface area contributed by atoms with Gasteiger partial charge in [-0.15, -0.1) is 0 Å². The predicted molar refractivity (Wildman–Crippen MR) is 87.0 cm³/mol. The molecule has 0 aromatic heterocycles. The average molecular weight is 347 g/mol. The van der Waals surface area contributed by atoms with Gasteiger partial charge in [-0.1, -0.05) is 0 Å². The van der Waals surface area contributed by atoms with Gasteiger partial charge in [0.15, 0.2) is 0 Å². The first-order chi connectivity index (χ1) is 10.9. The highest BCUT2D eigenvalue weighted by Crippen LogP contribution is 2.23. The molecule has 0 aromatic carbocycles. The summed E-state index contributed by atoms with van der Waals surface area (Å²) in [6.07, 6.45) is 1.20. The van der Waals surface area contributed by atoms with E-state index >= 15 is 0 Å². The maximum Gasteiger partial charge on any atom is 0.410 e. The van der Waals surface area contributed by atoms with Crippen LogP contribution in [0.3, 0.4) is 0 Å². The van der Waals surface area contributed by atoms with Crippen molar-refractivity contribution in [1.29, 1.82) is 0 Å². The minimum atomic E-state index is -1.62. The van der Waals surface area contributed by atoms with Gasteiger partial charge in [0.05, 0.1) is 0 Å². The maximum absolute atomic E-state index is 11.8. The van der Waals surface area contributed by atoms with Crippen LogP contribution in [0.2, 0.25) is 0 Å². The van der Waals surface area contributed by atoms with E-state index in [9.17, 15) is 19.5 Å². The molecule has 1 aliphatic rings. The van der Waals surface area contributed by atoms with Gasteiger partial charge < -0.3 is 19.7 Å². The van der Waals surface area contributed by atoms with Crippen molar-refractivity contribution in [3.63, 3.8) is 0 Å². The molecular weight excluding hydrogens is 318 g/mol. The molecule has 1 amide bonds. The topological polar surface area (TPSA) is 113 Å². The molecule has 0 aliphatic carbocycles. The van der Waals surface area contributed by atoms with Crippen molar-refractivity contribution in [3.8, 4) is 0 Å². The molecule has 0 radical (unpaired) electrons. The lowest BCUT2D eigenvalue weighted by Gasteiger charge is -2.35. The molecule has 0 bridgehead atoms. The van der Waals surface area contributed by atoms with E-state index in [1.165, 1.54) is 26.8 Å². The Morgan fingerprint density at radius 1 is 1.08 bits per heavy atom. The highest BCUT2D eigenvalue weighted by atomic mass is 16.6. The second-order valence-electron chi connectivity index (χ2n) is 6.83. The minimum absolute atomic E-state index is 0.201. The van der Waals surface area contributed by atoms with Crippen molar-refractivity contribution in [2.45, 2.75) is 64.5 Å². The summed E-state index contributed by atoms with van der Waals surface area (Å²) in [5.41, 5.74) is -2.38. The van der Waals surface area contributed by atoms with Crippen molar-refractivity contribution < 1.29 is 34.1 Å². The van der Waals surface area contributed by atoms with Gasteiger partial charge in [0.2, 0.25) is 0 Å². The second-order valence-corrected chi connectivity index (χ2v) is 6.83. The van der Waals surface area contributed by atoms with E-state index in [1.807, 2.05) is 0 Å². The Bertz CT molecular complexity index is 433. The third-order valence-corrected chi connectivity index (χ3v) is 3.52. The van der Waals surface area contributed by atoms with Gasteiger partial charge in [-0.2, -0.15) is 0 Å². The number of carboxylic acids is 2. The number of amides is 1. The summed E-state index contributed by atoms with van der Waals surface area (Å²) >= 11 is 0. The van der Waals surface area contributed by atoms with Crippen molar-refractivity contribution in [1.82, 2.24) is 4.90 Å². The van der Waals surface area contributed by atoms with Crippen LogP contribution in [0.1, 0.15) is 53.4 Å². The van der Waals surface area contributed by atoms with E-state index in [4.69, 9.17) is 14.6 Å². The minimum Gasteiger partial charge on any atom is -0.481 e. The monoisotopic (exact) mass is 347 g/mol. The zero-order valence-electron chi connectivity index (χ0n) is 15.1. The molecule has 0 spiro atoms. The molecule has 1 fully saturated rings. The van der Waals surface area contributed by atoms with Crippen molar-refractivity contribution in [3.05, 3.63) is 0 Å². The van der Waals surface area contributed by atoms with E-state index in [1.54, 1.807) is 20.8 Å². The number of aliphatic carboxylic acids is 2. The number of hydrogen-bond acceptors (Lipinski definition) is 5. The normalized spacial score (nSPS) is 16.4. The number of hydrogen-bond donors (Lipinski definition) is 2. The zero-order valence-corrected chi connectivity index (χ0v) is 15.1. The molecule has 8 nitrogen and oxygen atoms in total. The van der Waals surface area contributed by atoms with E-state index in [-0.39, 0.29) is 12.8 Å². The number of rotatable bonds is 5. The number of likely N-dealkylation sites (N-methyl/N-ethyl adjacent to an activating group) is 1. The molecule has 1 rings (SSSR count). The summed E-state index contributed by atoms with van der Waals surface area (Å²) in [7, 11) is 1.28. The Morgan fingerprint density at radius 3 is 1.88 bits per heavy atom. The fraction of sp³-hybridized carbons (Fsp3) is 0.812. The molecule has 140 valence electrons. The fourth-order valence-electron chi connectivity index (χ4n) is 1.81. The Balaban J connectivity index is 0.000000889. The van der Waals surface area contributed by atoms with Gasteiger partial charge in [-0.3, -0.25) is 9.69 Å². The van der Waals surface area contributed by atoms with E-state index < -0.39 is 29.2 Å². The first kappa shape index (κ1) is 22.2. The third kappa shape index (κ3) is 8.14. The number of carbonyl (C=O) groups is 3. The lowest BCUT2D eigenvalue weighted by Crippen LogP contribution is -2.54. The van der Waals surface area contributed by atoms with Gasteiger partial charge >= 0.3 is 18.0 Å². The summed E-state index contributed by atoms with van der Waals surface area (Å²) in [6, 6.07) is 0. The molecule has 1 atom stereocenters. The van der Waals surface area contributed by atoms with Crippen LogP contribution in [0, 0.1) is 0 Å². The average Bonchev–Trinajstić information content (AvgIpc) is 3.01. The summed E-state index contributed by atoms with van der Waals surface area (Å²) in [5, 5.41) is 17.9. The van der Waals surface area contributed by atoms with Crippen molar-refractivity contribution in [2.75, 3.05) is 20.3 Å². The number of nitrogens with zero attached hydrogens (tertiary/aromatic N) is 1. The first-order valence-electron chi connectivity index (χ1n) is 7.90. The Labute approximate surface area is 142 Å². The molecule has 24 heavy (non-hydrogen) atoms. The van der Waals surface area contributed by atoms with Gasteiger partial charge in [0.25, 0.3) is 0 Å². The van der Waals surface area contributed by atoms with Gasteiger partial charge in [-0.25, -0.2) is 9.59 Å². The predicted octanol–water partition coefficient (Wildman–Crippen LogP) is 2.36. The number of carbonyl (C=O) groups excluding carboxylic acids is 1. The summed E-state index contributed by atoms with van der Waals surface area (Å²) in [4.78, 5) is 34.6. The Kier molecular flexibility index (Phi) is 8.74. The summed E-state index contributed by atoms with van der Waals surface area (Å²) in [6.45, 7) is 8.28. The first-order valence-corrected chi connectivity index (χ1v) is 7.90. The van der Waals surface area contributed by atoms with Gasteiger partial charge in [0.1, 0.15) is 11.1 Å². The number of carboxylic acid groups (broad SMARTS) is 2. The van der Waals surface area contributed by atoms with Gasteiger partial charge in [-0.05, 0) is 47.0 Å². The second kappa shape index (κ2) is 9.46. The number of ether oxygens (including phenoxy) is 2. The molecule has 8 heteroatoms. The van der Waals surface area contributed by atoms with Crippen LogP contribution < -0.4 is 0 Å². The SMILES string of the molecule is C1CCOC1.CN(C(=O)OC(C)(C)C)C(C)(CCC(=O)O)C(=O)O. The largest absolute Gasteiger partial charge is 0.481 e. The summed E-state index contributed by atoms with van der Waals surface area (Å²) in [5.74, 6) is -2.40. The van der Waals surface area contributed by atoms with Crippen molar-refractivity contribution >= 4 is 18.0 Å². The van der Waals surface area contributed by atoms with Crippen LogP contribution in [0.25, 0.3) is 0 Å². The Morgan fingerprint density at radius 2 is 1.58 bits per heavy atom. The molecule has 1 saturated heterocycles. The molecule has 2 N–H and O–H groups in total. The molecule has 1 heterocycles. The zero-order chi connectivity index (χ0) is 19.0. The third-order valence-electron chi connectivity index (χ3n) is 3.52. The van der Waals surface area contributed by atoms with Crippen LogP contribution in [-0.4, -0.2) is 64.5 Å². The lowest BCUT2D eigenvalue weighted by molar-refractivity contribution is -0.150. The lowest BCUT2D eigenvalue weighted by atomic mass is 9.94. The molecular formula is C16H29NO7. The van der Waals surface area contributed by atoms with E-state index in [0.29, 0.717) is 0 Å². The molecule has 1 unspecified atom stereocenters. The molecule has 0 aromatic rings. The van der Waals surface area contributed by atoms with Crippen LogP contribution in [-0.2, 0) is 19.1 Å². The maximum atomic E-state index is 11.8. The highest BCUT2D eigenvalue weighted by molar-refractivity contribution is 5.84. The van der Waals surface area contributed by atoms with Crippen LogP contribution in [0.4, 0.5) is 4.79 Å². The highest BCUT2D eigenvalue weighted by Gasteiger charge is 2.42. The molecule has 0 saturated carbocycles. The van der Waals surface area contributed by atoms with E-state index in [2.05, 4.69) is 0 Å². The van der Waals surface area contributed by atoms with Crippen LogP contribution in [0.5, 0.6) is 0 Å². The van der Waals surface area contributed by atoms with Crippen LogP contribution in [0.15, 0.2) is 0 Å². The standard InChI is InChI=1S/C12H21NO6.C4H8O/c1-11(2,3)19-10(18)13(5)12(4,9(16)17)7-6-8(14)15;1-2-4-5-3-1/h6-7H2,1-5H3,(H,14,15)(H,16,17);1-4H2. The quantitative estimate of drug-likeness (QED) is 0.784. The van der Waals surface area contributed by atoms with Gasteiger partial charge in [0, 0.05) is 26.7 Å². The fourth-order valence-corrected chi connectivity index (χ4v) is 1.81. The summed E-state index contributed by atoms with van der Waals surface area (Å²) < 4.78 is 10.0.